The Hall–Kier alpha value is -0.870. The Labute approximate surface area is 151 Å². The summed E-state index contributed by atoms with van der Waals surface area (Å²) in [6.45, 7) is 8.92. The number of hydrogen-bond donors (Lipinski definition) is 0. The van der Waals surface area contributed by atoms with Crippen molar-refractivity contribution in [2.24, 2.45) is 22.7 Å². The normalized spacial score (nSPS) is 45.0. The number of rotatable bonds is 4. The van der Waals surface area contributed by atoms with Crippen LogP contribution in [-0.4, -0.2) is 38.0 Å². The molecule has 0 aromatic carbocycles. The van der Waals surface area contributed by atoms with Crippen LogP contribution in [0.4, 0.5) is 0 Å². The van der Waals surface area contributed by atoms with Crippen LogP contribution in [0, 0.1) is 22.7 Å². The molecule has 0 aromatic rings. The second-order valence-corrected chi connectivity index (χ2v) is 9.55. The first-order chi connectivity index (χ1) is 11.8. The van der Waals surface area contributed by atoms with Crippen LogP contribution in [0.1, 0.15) is 59.3 Å². The molecule has 25 heavy (non-hydrogen) atoms. The highest BCUT2D eigenvalue weighted by molar-refractivity contribution is 5.90. The monoisotopic (exact) mass is 348 g/mol. The first-order valence-corrected chi connectivity index (χ1v) is 9.86. The maximum Gasteiger partial charge on any atom is 0.336 e. The van der Waals surface area contributed by atoms with E-state index >= 15 is 0 Å². The van der Waals surface area contributed by atoms with Gasteiger partial charge in [-0.2, -0.15) is 0 Å². The molecule has 2 heterocycles. The molecule has 0 aromatic heterocycles. The molecular formula is C21H32O4. The van der Waals surface area contributed by atoms with Crippen molar-refractivity contribution in [3.8, 4) is 0 Å². The SMILES string of the molecule is COC(=O)/C(=C/C[C@H]1[C@@]2(CC[C@H]3C(C)(C)CCC[C@@]31C)CO2)[C@H]1CO1. The minimum absolute atomic E-state index is 0.0564. The molecule has 4 nitrogen and oxygen atoms in total. The van der Waals surface area contributed by atoms with Crippen molar-refractivity contribution in [2.45, 2.75) is 71.0 Å². The zero-order valence-electron chi connectivity index (χ0n) is 16.1. The molecule has 4 fully saturated rings. The zero-order chi connectivity index (χ0) is 17.9. The van der Waals surface area contributed by atoms with Crippen LogP contribution < -0.4 is 0 Å². The van der Waals surface area contributed by atoms with Crippen molar-refractivity contribution in [3.05, 3.63) is 11.6 Å². The summed E-state index contributed by atoms with van der Waals surface area (Å²) in [5.41, 5.74) is 1.45. The molecule has 4 heteroatoms. The minimum Gasteiger partial charge on any atom is -0.466 e. The number of fused-ring (bicyclic) bond motifs is 1. The van der Waals surface area contributed by atoms with E-state index in [1.165, 1.54) is 39.2 Å². The molecule has 0 radical (unpaired) electrons. The molecule has 0 unspecified atom stereocenters. The van der Waals surface area contributed by atoms with Crippen LogP contribution in [-0.2, 0) is 19.0 Å². The number of epoxide rings is 2. The van der Waals surface area contributed by atoms with Gasteiger partial charge in [-0.05, 0) is 54.8 Å². The van der Waals surface area contributed by atoms with Crippen LogP contribution >= 0.6 is 0 Å². The van der Waals surface area contributed by atoms with Gasteiger partial charge in [-0.1, -0.05) is 33.3 Å². The molecule has 2 aliphatic carbocycles. The fourth-order valence-electron chi connectivity index (χ4n) is 6.33. The molecule has 2 saturated carbocycles. The molecule has 2 saturated heterocycles. The smallest absolute Gasteiger partial charge is 0.336 e. The predicted octanol–water partition coefficient (Wildman–Crippen LogP) is 3.89. The molecule has 0 N–H and O–H groups in total. The second-order valence-electron chi connectivity index (χ2n) is 9.55. The fraction of sp³-hybridized carbons (Fsp3) is 0.857. The summed E-state index contributed by atoms with van der Waals surface area (Å²) in [5.74, 6) is 0.979. The highest BCUT2D eigenvalue weighted by Gasteiger charge is 2.64. The standard InChI is InChI=1S/C21H32O4/c1-19(2)9-5-10-20(3)16(19)8-11-21(13-25-21)17(20)7-6-14(15-12-24-15)18(22)23-4/h6,15-17H,5,7-13H2,1-4H3/b14-6+/t15-,16+,17-,20+,21-/m1/s1. The summed E-state index contributed by atoms with van der Waals surface area (Å²) in [7, 11) is 1.45. The maximum atomic E-state index is 12.1. The van der Waals surface area contributed by atoms with Gasteiger partial charge in [0.05, 0.1) is 31.5 Å². The van der Waals surface area contributed by atoms with E-state index in [4.69, 9.17) is 14.2 Å². The summed E-state index contributed by atoms with van der Waals surface area (Å²) in [6.07, 6.45) is 9.29. The van der Waals surface area contributed by atoms with Crippen LogP contribution in [0.15, 0.2) is 11.6 Å². The van der Waals surface area contributed by atoms with Crippen molar-refractivity contribution in [1.29, 1.82) is 0 Å². The molecule has 1 spiro atoms. The van der Waals surface area contributed by atoms with Gasteiger partial charge >= 0.3 is 5.97 Å². The molecular weight excluding hydrogens is 316 g/mol. The van der Waals surface area contributed by atoms with Crippen molar-refractivity contribution in [3.63, 3.8) is 0 Å². The van der Waals surface area contributed by atoms with E-state index < -0.39 is 0 Å². The Morgan fingerprint density at radius 1 is 1.24 bits per heavy atom. The second kappa shape index (κ2) is 5.82. The third-order valence-corrected chi connectivity index (χ3v) is 7.75. The molecule has 2 aliphatic heterocycles. The van der Waals surface area contributed by atoms with Gasteiger partial charge in [-0.3, -0.25) is 0 Å². The number of ether oxygens (including phenoxy) is 3. The number of carbonyl (C=O) groups is 1. The summed E-state index contributed by atoms with van der Waals surface area (Å²) in [4.78, 5) is 12.1. The zero-order valence-corrected chi connectivity index (χ0v) is 16.1. The summed E-state index contributed by atoms with van der Waals surface area (Å²) < 4.78 is 16.4. The molecule has 4 rings (SSSR count). The Morgan fingerprint density at radius 2 is 1.96 bits per heavy atom. The highest BCUT2D eigenvalue weighted by atomic mass is 16.6. The van der Waals surface area contributed by atoms with E-state index in [9.17, 15) is 4.79 Å². The summed E-state index contributed by atoms with van der Waals surface area (Å²) in [6, 6.07) is 0. The lowest BCUT2D eigenvalue weighted by atomic mass is 9.46. The lowest BCUT2D eigenvalue weighted by Crippen LogP contribution is -2.54. The van der Waals surface area contributed by atoms with E-state index in [-0.39, 0.29) is 17.7 Å². The van der Waals surface area contributed by atoms with Gasteiger partial charge in [-0.15, -0.1) is 0 Å². The molecule has 5 atom stereocenters. The Balaban J connectivity index is 1.62. The van der Waals surface area contributed by atoms with Gasteiger partial charge in [0, 0.05) is 0 Å². The number of esters is 1. The van der Waals surface area contributed by atoms with Crippen molar-refractivity contribution < 1.29 is 19.0 Å². The lowest BCUT2D eigenvalue weighted by molar-refractivity contribution is -0.136. The van der Waals surface area contributed by atoms with Gasteiger partial charge in [0.2, 0.25) is 0 Å². The molecule has 0 bridgehead atoms. The summed E-state index contributed by atoms with van der Waals surface area (Å²) >= 11 is 0. The van der Waals surface area contributed by atoms with Crippen molar-refractivity contribution >= 4 is 5.97 Å². The average molecular weight is 348 g/mol. The Kier molecular flexibility index (Phi) is 4.08. The highest BCUT2D eigenvalue weighted by Crippen LogP contribution is 2.66. The molecule has 140 valence electrons. The van der Waals surface area contributed by atoms with Gasteiger partial charge in [0.25, 0.3) is 0 Å². The molecule has 4 aliphatic rings. The van der Waals surface area contributed by atoms with Gasteiger partial charge in [-0.25, -0.2) is 4.79 Å². The molecule has 0 amide bonds. The van der Waals surface area contributed by atoms with Gasteiger partial charge in [0.15, 0.2) is 0 Å². The van der Waals surface area contributed by atoms with Crippen molar-refractivity contribution in [1.82, 2.24) is 0 Å². The van der Waals surface area contributed by atoms with Crippen LogP contribution in [0.5, 0.6) is 0 Å². The topological polar surface area (TPSA) is 51.4 Å². The van der Waals surface area contributed by atoms with Crippen LogP contribution in [0.3, 0.4) is 0 Å². The van der Waals surface area contributed by atoms with Crippen molar-refractivity contribution in [2.75, 3.05) is 20.3 Å². The van der Waals surface area contributed by atoms with E-state index in [1.54, 1.807) is 0 Å². The van der Waals surface area contributed by atoms with Gasteiger partial charge in [0.1, 0.15) is 6.10 Å². The first-order valence-electron chi connectivity index (χ1n) is 9.86. The maximum absolute atomic E-state index is 12.1. The number of hydrogen-bond acceptors (Lipinski definition) is 4. The van der Waals surface area contributed by atoms with E-state index in [0.717, 1.165) is 18.9 Å². The minimum atomic E-state index is -0.241. The van der Waals surface area contributed by atoms with Crippen LogP contribution in [0.2, 0.25) is 0 Å². The third-order valence-electron chi connectivity index (χ3n) is 7.75. The Bertz CT molecular complexity index is 585. The number of allylic oxidation sites excluding steroid dienone is 1. The third kappa shape index (κ3) is 2.86. The predicted molar refractivity (Wildman–Crippen MR) is 95.1 cm³/mol. The van der Waals surface area contributed by atoms with Gasteiger partial charge < -0.3 is 14.2 Å². The van der Waals surface area contributed by atoms with E-state index in [1.807, 2.05) is 0 Å². The Morgan fingerprint density at radius 3 is 2.56 bits per heavy atom. The first kappa shape index (κ1) is 17.5. The van der Waals surface area contributed by atoms with Crippen LogP contribution in [0.25, 0.3) is 0 Å². The largest absolute Gasteiger partial charge is 0.466 e. The van der Waals surface area contributed by atoms with E-state index in [0.29, 0.717) is 28.9 Å². The number of carbonyl (C=O) groups excluding carboxylic acids is 1. The average Bonchev–Trinajstić information content (AvgIpc) is 3.45. The number of methoxy groups -OCH3 is 1. The van der Waals surface area contributed by atoms with E-state index in [2.05, 4.69) is 26.8 Å². The fourth-order valence-corrected chi connectivity index (χ4v) is 6.33. The lowest BCUT2D eigenvalue weighted by Gasteiger charge is -2.59. The quantitative estimate of drug-likeness (QED) is 0.439. The summed E-state index contributed by atoms with van der Waals surface area (Å²) in [5, 5.41) is 0.